The predicted molar refractivity (Wildman–Crippen MR) is 124 cm³/mol. The van der Waals surface area contributed by atoms with Crippen LogP contribution in [0.4, 0.5) is 0 Å². The minimum Gasteiger partial charge on any atom is -0.492 e. The molecule has 1 fully saturated rings. The fourth-order valence-corrected chi connectivity index (χ4v) is 5.58. The van der Waals surface area contributed by atoms with E-state index >= 15 is 0 Å². The highest BCUT2D eigenvalue weighted by atomic mass is 32.2. The van der Waals surface area contributed by atoms with E-state index in [0.717, 1.165) is 5.56 Å². The average molecular weight is 486 g/mol. The van der Waals surface area contributed by atoms with Gasteiger partial charge < -0.3 is 9.64 Å². The zero-order chi connectivity index (χ0) is 24.5. The molecule has 0 spiro atoms. The maximum Gasteiger partial charge on any atom is 0.255 e. The van der Waals surface area contributed by atoms with Gasteiger partial charge >= 0.3 is 0 Å². The summed E-state index contributed by atoms with van der Waals surface area (Å²) in [4.78, 5) is 38.0. The zero-order valence-electron chi connectivity index (χ0n) is 19.0. The minimum absolute atomic E-state index is 0.00396. The van der Waals surface area contributed by atoms with Crippen LogP contribution in [0.2, 0.25) is 0 Å². The SMILES string of the molecule is CC(C)c1ccccc1OCCNS(=O)(=O)c1cccc2c1CN(C1CCC(=O)NC1=O)C2=O. The van der Waals surface area contributed by atoms with Crippen molar-refractivity contribution in [1.82, 2.24) is 14.9 Å². The van der Waals surface area contributed by atoms with E-state index in [4.69, 9.17) is 4.74 Å². The molecule has 1 atom stereocenters. The molecule has 2 heterocycles. The fraction of sp³-hybridized carbons (Fsp3) is 0.375. The first-order chi connectivity index (χ1) is 16.2. The van der Waals surface area contributed by atoms with E-state index < -0.39 is 27.9 Å². The Morgan fingerprint density at radius 3 is 2.62 bits per heavy atom. The van der Waals surface area contributed by atoms with Crippen molar-refractivity contribution in [3.8, 4) is 5.75 Å². The number of hydrogen-bond acceptors (Lipinski definition) is 6. The van der Waals surface area contributed by atoms with Gasteiger partial charge in [-0.05, 0) is 36.1 Å². The van der Waals surface area contributed by atoms with E-state index in [1.165, 1.54) is 17.0 Å². The van der Waals surface area contributed by atoms with E-state index in [1.54, 1.807) is 6.07 Å². The van der Waals surface area contributed by atoms with Gasteiger partial charge in [-0.2, -0.15) is 0 Å². The second-order valence-electron chi connectivity index (χ2n) is 8.62. The number of benzene rings is 2. The lowest BCUT2D eigenvalue weighted by Gasteiger charge is -2.29. The van der Waals surface area contributed by atoms with Crippen molar-refractivity contribution in [3.05, 3.63) is 59.2 Å². The molecule has 1 saturated heterocycles. The van der Waals surface area contributed by atoms with Gasteiger partial charge in [-0.1, -0.05) is 38.1 Å². The Bertz CT molecular complexity index is 1240. The Morgan fingerprint density at radius 1 is 1.12 bits per heavy atom. The van der Waals surface area contributed by atoms with Crippen LogP contribution in [0.5, 0.6) is 5.75 Å². The molecule has 2 aliphatic heterocycles. The number of carbonyl (C=O) groups excluding carboxylic acids is 3. The number of fused-ring (bicyclic) bond motifs is 1. The highest BCUT2D eigenvalue weighted by Crippen LogP contribution is 2.32. The number of sulfonamides is 1. The predicted octanol–water partition coefficient (Wildman–Crippen LogP) is 1.93. The Morgan fingerprint density at radius 2 is 1.88 bits per heavy atom. The largest absolute Gasteiger partial charge is 0.492 e. The summed E-state index contributed by atoms with van der Waals surface area (Å²) in [6.07, 6.45) is 0.336. The number of rotatable bonds is 8. The monoisotopic (exact) mass is 485 g/mol. The highest BCUT2D eigenvalue weighted by molar-refractivity contribution is 7.89. The summed E-state index contributed by atoms with van der Waals surface area (Å²) in [7, 11) is -3.93. The quantitative estimate of drug-likeness (QED) is 0.435. The number of carbonyl (C=O) groups is 3. The first-order valence-corrected chi connectivity index (χ1v) is 12.7. The number of para-hydroxylation sites is 1. The standard InChI is InChI=1S/C24H27N3O6S/c1-15(2)16-6-3-4-8-20(16)33-13-12-25-34(31,32)21-9-5-7-17-18(21)14-27(24(17)30)19-10-11-22(28)26-23(19)29/h3-9,15,19,25H,10-14H2,1-2H3,(H,26,28,29). The van der Waals surface area contributed by atoms with Crippen LogP contribution in [-0.2, 0) is 26.2 Å². The third-order valence-corrected chi connectivity index (χ3v) is 7.57. The van der Waals surface area contributed by atoms with Gasteiger partial charge in [-0.15, -0.1) is 0 Å². The molecule has 1 unspecified atom stereocenters. The van der Waals surface area contributed by atoms with Crippen LogP contribution in [0.3, 0.4) is 0 Å². The molecular formula is C24H27N3O6S. The first kappa shape index (κ1) is 23.9. The molecule has 9 nitrogen and oxygen atoms in total. The normalized spacial score (nSPS) is 18.3. The van der Waals surface area contributed by atoms with Crippen LogP contribution in [0.25, 0.3) is 0 Å². The van der Waals surface area contributed by atoms with E-state index in [-0.39, 0.29) is 54.8 Å². The number of hydrogen-bond donors (Lipinski definition) is 2. The van der Waals surface area contributed by atoms with Crippen LogP contribution in [-0.4, -0.2) is 50.2 Å². The maximum absolute atomic E-state index is 13.1. The number of imide groups is 1. The Labute approximate surface area is 198 Å². The van der Waals surface area contributed by atoms with Crippen LogP contribution < -0.4 is 14.8 Å². The summed E-state index contributed by atoms with van der Waals surface area (Å²) in [6.45, 7) is 4.28. The number of nitrogens with zero attached hydrogens (tertiary/aromatic N) is 1. The third kappa shape index (κ3) is 4.69. The van der Waals surface area contributed by atoms with Crippen LogP contribution in [0, 0.1) is 0 Å². The van der Waals surface area contributed by atoms with Gasteiger partial charge in [0.1, 0.15) is 18.4 Å². The molecule has 0 radical (unpaired) electrons. The molecule has 0 saturated carbocycles. The average Bonchev–Trinajstić information content (AvgIpc) is 3.13. The van der Waals surface area contributed by atoms with Gasteiger partial charge in [0.2, 0.25) is 21.8 Å². The molecule has 0 bridgehead atoms. The lowest BCUT2D eigenvalue weighted by atomic mass is 10.0. The molecule has 3 amide bonds. The smallest absolute Gasteiger partial charge is 0.255 e. The van der Waals surface area contributed by atoms with E-state index in [9.17, 15) is 22.8 Å². The highest BCUT2D eigenvalue weighted by Gasteiger charge is 2.41. The van der Waals surface area contributed by atoms with Crippen molar-refractivity contribution < 1.29 is 27.5 Å². The molecule has 2 aromatic carbocycles. The van der Waals surface area contributed by atoms with Crippen molar-refractivity contribution >= 4 is 27.7 Å². The first-order valence-electron chi connectivity index (χ1n) is 11.2. The van der Waals surface area contributed by atoms with E-state index in [1.807, 2.05) is 24.3 Å². The number of amides is 3. The van der Waals surface area contributed by atoms with Gasteiger partial charge in [0.05, 0.1) is 4.90 Å². The number of ether oxygens (including phenoxy) is 1. The minimum atomic E-state index is -3.93. The van der Waals surface area contributed by atoms with Crippen molar-refractivity contribution in [2.24, 2.45) is 0 Å². The lowest BCUT2D eigenvalue weighted by Crippen LogP contribution is -2.52. The van der Waals surface area contributed by atoms with Crippen molar-refractivity contribution in [2.45, 2.75) is 50.1 Å². The van der Waals surface area contributed by atoms with E-state index in [0.29, 0.717) is 11.3 Å². The topological polar surface area (TPSA) is 122 Å². The summed E-state index contributed by atoms with van der Waals surface area (Å²) < 4.78 is 34.4. The van der Waals surface area contributed by atoms with Crippen molar-refractivity contribution in [2.75, 3.05) is 13.2 Å². The van der Waals surface area contributed by atoms with Crippen LogP contribution in [0.15, 0.2) is 47.4 Å². The van der Waals surface area contributed by atoms with Crippen LogP contribution >= 0.6 is 0 Å². The molecule has 180 valence electrons. The van der Waals surface area contributed by atoms with E-state index in [2.05, 4.69) is 23.9 Å². The molecule has 2 N–H and O–H groups in total. The molecule has 0 aromatic heterocycles. The Kier molecular flexibility index (Phi) is 6.72. The maximum atomic E-state index is 13.1. The molecule has 4 rings (SSSR count). The van der Waals surface area contributed by atoms with Gasteiger partial charge in [0.25, 0.3) is 5.91 Å². The third-order valence-electron chi connectivity index (χ3n) is 6.02. The fourth-order valence-electron chi connectivity index (χ4n) is 4.31. The van der Waals surface area contributed by atoms with Gasteiger partial charge in [0.15, 0.2) is 0 Å². The lowest BCUT2D eigenvalue weighted by molar-refractivity contribution is -0.136. The summed E-state index contributed by atoms with van der Waals surface area (Å²) in [6, 6.07) is 11.3. The van der Waals surface area contributed by atoms with Crippen LogP contribution in [0.1, 0.15) is 54.1 Å². The van der Waals surface area contributed by atoms with Gasteiger partial charge in [0, 0.05) is 30.6 Å². The molecule has 0 aliphatic carbocycles. The number of nitrogens with one attached hydrogen (secondary N) is 2. The van der Waals surface area contributed by atoms with Gasteiger partial charge in [-0.25, -0.2) is 13.1 Å². The second-order valence-corrected chi connectivity index (χ2v) is 10.4. The van der Waals surface area contributed by atoms with Crippen molar-refractivity contribution in [1.29, 1.82) is 0 Å². The Hall–Kier alpha value is -3.24. The second kappa shape index (κ2) is 9.55. The summed E-state index contributed by atoms with van der Waals surface area (Å²) in [5, 5.41) is 2.24. The molecule has 2 aliphatic rings. The molecular weight excluding hydrogens is 458 g/mol. The Balaban J connectivity index is 1.45. The summed E-state index contributed by atoms with van der Waals surface area (Å²) in [5.74, 6) is -0.363. The summed E-state index contributed by atoms with van der Waals surface area (Å²) >= 11 is 0. The van der Waals surface area contributed by atoms with Gasteiger partial charge in [-0.3, -0.25) is 19.7 Å². The molecule has 10 heteroatoms. The summed E-state index contributed by atoms with van der Waals surface area (Å²) in [5.41, 5.74) is 1.63. The number of piperidine rings is 1. The van der Waals surface area contributed by atoms with Crippen molar-refractivity contribution in [3.63, 3.8) is 0 Å². The molecule has 2 aromatic rings. The zero-order valence-corrected chi connectivity index (χ0v) is 19.9. The molecule has 34 heavy (non-hydrogen) atoms.